The number of sulfonamides is 1. The third kappa shape index (κ3) is 4.01. The molecule has 0 amide bonds. The first-order valence-electron chi connectivity index (χ1n) is 5.74. The van der Waals surface area contributed by atoms with E-state index in [1.807, 2.05) is 13.8 Å². The highest BCUT2D eigenvalue weighted by molar-refractivity contribution is 7.89. The maximum absolute atomic E-state index is 11.9. The Balaban J connectivity index is 2.56. The molecule has 1 fully saturated rings. The van der Waals surface area contributed by atoms with Gasteiger partial charge in [-0.1, -0.05) is 6.92 Å². The van der Waals surface area contributed by atoms with Crippen LogP contribution in [0.15, 0.2) is 0 Å². The standard InChI is InChI=1S/C10H22N2O3S/c1-3-10(2,8-11)12-16(13,14)7-9-5-4-6-15-9/h9,12H,3-8,11H2,1-2H3. The molecular weight excluding hydrogens is 228 g/mol. The van der Waals surface area contributed by atoms with Crippen molar-refractivity contribution in [3.8, 4) is 0 Å². The Morgan fingerprint density at radius 3 is 2.69 bits per heavy atom. The van der Waals surface area contributed by atoms with Gasteiger partial charge in [-0.05, 0) is 26.2 Å². The average molecular weight is 250 g/mol. The Labute approximate surface area is 97.8 Å². The summed E-state index contributed by atoms with van der Waals surface area (Å²) in [5.74, 6) is 0.0442. The molecule has 0 spiro atoms. The molecule has 0 aromatic heterocycles. The van der Waals surface area contributed by atoms with E-state index in [2.05, 4.69) is 4.72 Å². The molecule has 0 aromatic carbocycles. The van der Waals surface area contributed by atoms with Crippen LogP contribution in [-0.4, -0.2) is 39.0 Å². The van der Waals surface area contributed by atoms with E-state index in [1.54, 1.807) is 0 Å². The summed E-state index contributed by atoms with van der Waals surface area (Å²) in [6, 6.07) is 0. The van der Waals surface area contributed by atoms with E-state index < -0.39 is 15.6 Å². The van der Waals surface area contributed by atoms with Gasteiger partial charge in [0.1, 0.15) is 0 Å². The minimum absolute atomic E-state index is 0.0442. The minimum atomic E-state index is -3.30. The van der Waals surface area contributed by atoms with E-state index >= 15 is 0 Å². The third-order valence-corrected chi connectivity index (χ3v) is 4.68. The molecule has 1 rings (SSSR count). The molecule has 2 unspecified atom stereocenters. The second-order valence-electron chi connectivity index (χ2n) is 4.64. The highest BCUT2D eigenvalue weighted by Crippen LogP contribution is 2.15. The van der Waals surface area contributed by atoms with Crippen molar-refractivity contribution in [2.45, 2.75) is 44.8 Å². The third-order valence-electron chi connectivity index (χ3n) is 3.06. The summed E-state index contributed by atoms with van der Waals surface area (Å²) in [6.45, 7) is 4.71. The largest absolute Gasteiger partial charge is 0.377 e. The van der Waals surface area contributed by atoms with Crippen LogP contribution >= 0.6 is 0 Å². The predicted octanol–water partition coefficient (Wildman–Crippen LogP) is 0.212. The maximum Gasteiger partial charge on any atom is 0.214 e. The van der Waals surface area contributed by atoms with Gasteiger partial charge in [0.25, 0.3) is 0 Å². The molecule has 1 heterocycles. The number of nitrogens with two attached hydrogens (primary N) is 1. The molecule has 96 valence electrons. The fourth-order valence-electron chi connectivity index (χ4n) is 1.70. The summed E-state index contributed by atoms with van der Waals surface area (Å²) in [6.07, 6.45) is 2.29. The van der Waals surface area contributed by atoms with Crippen LogP contribution in [0.5, 0.6) is 0 Å². The lowest BCUT2D eigenvalue weighted by Crippen LogP contribution is -2.52. The van der Waals surface area contributed by atoms with Crippen molar-refractivity contribution in [1.29, 1.82) is 0 Å². The Morgan fingerprint density at radius 1 is 1.56 bits per heavy atom. The SMILES string of the molecule is CCC(C)(CN)NS(=O)(=O)CC1CCCO1. The lowest BCUT2D eigenvalue weighted by molar-refractivity contribution is 0.127. The lowest BCUT2D eigenvalue weighted by Gasteiger charge is -2.28. The Kier molecular flexibility index (Phi) is 4.73. The van der Waals surface area contributed by atoms with Gasteiger partial charge in [0.05, 0.1) is 11.9 Å². The summed E-state index contributed by atoms with van der Waals surface area (Å²) in [5, 5.41) is 0. The molecule has 0 saturated carbocycles. The normalized spacial score (nSPS) is 25.6. The van der Waals surface area contributed by atoms with Gasteiger partial charge in [-0.3, -0.25) is 0 Å². The first kappa shape index (κ1) is 13.9. The molecular formula is C10H22N2O3S. The van der Waals surface area contributed by atoms with Crippen molar-refractivity contribution in [1.82, 2.24) is 4.72 Å². The molecule has 6 heteroatoms. The zero-order valence-corrected chi connectivity index (χ0v) is 10.8. The highest BCUT2D eigenvalue weighted by atomic mass is 32.2. The van der Waals surface area contributed by atoms with Crippen LogP contribution in [0.25, 0.3) is 0 Å². The van der Waals surface area contributed by atoms with Gasteiger partial charge in [-0.15, -0.1) is 0 Å². The zero-order valence-electron chi connectivity index (χ0n) is 10.0. The first-order chi connectivity index (χ1) is 7.41. The van der Waals surface area contributed by atoms with E-state index in [0.29, 0.717) is 19.6 Å². The van der Waals surface area contributed by atoms with Crippen molar-refractivity contribution in [3.63, 3.8) is 0 Å². The van der Waals surface area contributed by atoms with Crippen LogP contribution in [0, 0.1) is 0 Å². The molecule has 2 atom stereocenters. The Hall–Kier alpha value is -0.170. The molecule has 0 radical (unpaired) electrons. The van der Waals surface area contributed by atoms with Crippen molar-refractivity contribution < 1.29 is 13.2 Å². The van der Waals surface area contributed by atoms with Crippen LogP contribution in [0.3, 0.4) is 0 Å². The highest BCUT2D eigenvalue weighted by Gasteiger charge is 2.29. The fourth-order valence-corrected chi connectivity index (χ4v) is 3.51. The molecule has 1 saturated heterocycles. The summed E-state index contributed by atoms with van der Waals surface area (Å²) in [4.78, 5) is 0. The van der Waals surface area contributed by atoms with Crippen LogP contribution in [0.2, 0.25) is 0 Å². The lowest BCUT2D eigenvalue weighted by atomic mass is 10.0. The number of ether oxygens (including phenoxy) is 1. The van der Waals surface area contributed by atoms with Gasteiger partial charge in [0.2, 0.25) is 10.0 Å². The molecule has 0 bridgehead atoms. The molecule has 0 aromatic rings. The van der Waals surface area contributed by atoms with Gasteiger partial charge in [0.15, 0.2) is 0 Å². The van der Waals surface area contributed by atoms with Gasteiger partial charge < -0.3 is 10.5 Å². The molecule has 0 aliphatic carbocycles. The zero-order chi connectivity index (χ0) is 12.2. The second kappa shape index (κ2) is 5.44. The summed E-state index contributed by atoms with van der Waals surface area (Å²) in [5.41, 5.74) is 5.03. The average Bonchev–Trinajstić information content (AvgIpc) is 2.68. The van der Waals surface area contributed by atoms with E-state index in [-0.39, 0.29) is 11.9 Å². The van der Waals surface area contributed by atoms with E-state index in [1.165, 1.54) is 0 Å². The van der Waals surface area contributed by atoms with Crippen LogP contribution < -0.4 is 10.5 Å². The number of hydrogen-bond acceptors (Lipinski definition) is 4. The Morgan fingerprint density at radius 2 is 2.25 bits per heavy atom. The molecule has 1 aliphatic heterocycles. The van der Waals surface area contributed by atoms with Gasteiger partial charge in [-0.25, -0.2) is 13.1 Å². The van der Waals surface area contributed by atoms with Crippen molar-refractivity contribution in [2.24, 2.45) is 5.73 Å². The predicted molar refractivity (Wildman–Crippen MR) is 63.6 cm³/mol. The van der Waals surface area contributed by atoms with E-state index in [9.17, 15) is 8.42 Å². The Bertz CT molecular complexity index is 306. The topological polar surface area (TPSA) is 81.4 Å². The number of nitrogens with one attached hydrogen (secondary N) is 1. The summed E-state index contributed by atoms with van der Waals surface area (Å²) < 4.78 is 31.7. The summed E-state index contributed by atoms with van der Waals surface area (Å²) in [7, 11) is -3.30. The van der Waals surface area contributed by atoms with Crippen molar-refractivity contribution >= 4 is 10.0 Å². The molecule has 3 N–H and O–H groups in total. The minimum Gasteiger partial charge on any atom is -0.377 e. The summed E-state index contributed by atoms with van der Waals surface area (Å²) >= 11 is 0. The number of hydrogen-bond donors (Lipinski definition) is 2. The molecule has 5 nitrogen and oxygen atoms in total. The maximum atomic E-state index is 11.9. The van der Waals surface area contributed by atoms with Crippen molar-refractivity contribution in [2.75, 3.05) is 18.9 Å². The van der Waals surface area contributed by atoms with Gasteiger partial charge in [0, 0.05) is 18.7 Å². The van der Waals surface area contributed by atoms with E-state index in [0.717, 1.165) is 12.8 Å². The van der Waals surface area contributed by atoms with E-state index in [4.69, 9.17) is 10.5 Å². The van der Waals surface area contributed by atoms with Gasteiger partial charge in [-0.2, -0.15) is 0 Å². The van der Waals surface area contributed by atoms with Crippen LogP contribution in [0.1, 0.15) is 33.1 Å². The number of rotatable bonds is 6. The fraction of sp³-hybridized carbons (Fsp3) is 1.00. The quantitative estimate of drug-likeness (QED) is 0.706. The van der Waals surface area contributed by atoms with Crippen LogP contribution in [0.4, 0.5) is 0 Å². The second-order valence-corrected chi connectivity index (χ2v) is 6.40. The van der Waals surface area contributed by atoms with Crippen molar-refractivity contribution in [3.05, 3.63) is 0 Å². The molecule has 16 heavy (non-hydrogen) atoms. The smallest absolute Gasteiger partial charge is 0.214 e. The van der Waals surface area contributed by atoms with Crippen LogP contribution in [-0.2, 0) is 14.8 Å². The van der Waals surface area contributed by atoms with Gasteiger partial charge >= 0.3 is 0 Å². The monoisotopic (exact) mass is 250 g/mol. The molecule has 1 aliphatic rings. The first-order valence-corrected chi connectivity index (χ1v) is 7.39.